The second-order valence-corrected chi connectivity index (χ2v) is 5.51. The molecule has 1 amide bonds. The van der Waals surface area contributed by atoms with Crippen molar-refractivity contribution >= 4 is 23.2 Å². The molecule has 0 saturated carbocycles. The number of hydrogen-bond acceptors (Lipinski definition) is 2. The number of carbonyl (C=O) groups is 1. The topological polar surface area (TPSA) is 55.1 Å². The summed E-state index contributed by atoms with van der Waals surface area (Å²) >= 11 is 5.85. The van der Waals surface area contributed by atoms with Gasteiger partial charge in [0, 0.05) is 6.42 Å². The second kappa shape index (κ2) is 7.46. The Balaban J connectivity index is 2.59. The molecule has 0 heterocycles. The van der Waals surface area contributed by atoms with Crippen molar-refractivity contribution in [1.82, 2.24) is 0 Å². The van der Waals surface area contributed by atoms with Crippen molar-refractivity contribution in [3.63, 3.8) is 0 Å². The van der Waals surface area contributed by atoms with Crippen molar-refractivity contribution in [2.24, 2.45) is 17.6 Å². The second-order valence-electron chi connectivity index (χ2n) is 5.11. The standard InChI is InChI=1S/C14H20ClFN2O/c1-9(2)5-10(8-17)6-14(19)18-13-4-3-11(16)7-12(13)15/h3-4,7,9-10H,5-6,8,17H2,1-2H3,(H,18,19)/t10-/m0/s1. The van der Waals surface area contributed by atoms with Crippen LogP contribution in [0.1, 0.15) is 26.7 Å². The van der Waals surface area contributed by atoms with Gasteiger partial charge in [0.1, 0.15) is 5.82 Å². The summed E-state index contributed by atoms with van der Waals surface area (Å²) < 4.78 is 12.9. The van der Waals surface area contributed by atoms with Gasteiger partial charge in [-0.2, -0.15) is 0 Å². The molecule has 0 aromatic heterocycles. The molecule has 19 heavy (non-hydrogen) atoms. The van der Waals surface area contributed by atoms with E-state index in [1.807, 2.05) is 0 Å². The molecule has 3 N–H and O–H groups in total. The molecule has 0 spiro atoms. The Kier molecular flexibility index (Phi) is 6.25. The highest BCUT2D eigenvalue weighted by atomic mass is 35.5. The van der Waals surface area contributed by atoms with Gasteiger partial charge >= 0.3 is 0 Å². The molecule has 5 heteroatoms. The summed E-state index contributed by atoms with van der Waals surface area (Å²) in [6, 6.07) is 3.89. The number of benzene rings is 1. The van der Waals surface area contributed by atoms with Crippen LogP contribution >= 0.6 is 11.6 Å². The van der Waals surface area contributed by atoms with E-state index in [1.165, 1.54) is 18.2 Å². The van der Waals surface area contributed by atoms with E-state index in [1.54, 1.807) is 0 Å². The molecule has 0 fully saturated rings. The molecule has 1 aromatic carbocycles. The summed E-state index contributed by atoms with van der Waals surface area (Å²) in [6.07, 6.45) is 1.25. The highest BCUT2D eigenvalue weighted by Crippen LogP contribution is 2.23. The van der Waals surface area contributed by atoms with Gasteiger partial charge in [-0.15, -0.1) is 0 Å². The smallest absolute Gasteiger partial charge is 0.224 e. The van der Waals surface area contributed by atoms with Crippen LogP contribution in [-0.4, -0.2) is 12.5 Å². The summed E-state index contributed by atoms with van der Waals surface area (Å²) in [6.45, 7) is 4.66. The lowest BCUT2D eigenvalue weighted by molar-refractivity contribution is -0.117. The lowest BCUT2D eigenvalue weighted by Gasteiger charge is -2.16. The largest absolute Gasteiger partial charge is 0.330 e. The summed E-state index contributed by atoms with van der Waals surface area (Å²) in [5, 5.41) is 2.88. The van der Waals surface area contributed by atoms with Crippen LogP contribution in [-0.2, 0) is 4.79 Å². The first-order chi connectivity index (χ1) is 8.92. The Morgan fingerprint density at radius 1 is 1.47 bits per heavy atom. The van der Waals surface area contributed by atoms with Gasteiger partial charge in [-0.05, 0) is 43.0 Å². The van der Waals surface area contributed by atoms with Gasteiger partial charge in [-0.25, -0.2) is 4.39 Å². The van der Waals surface area contributed by atoms with Crippen molar-refractivity contribution in [2.45, 2.75) is 26.7 Å². The van der Waals surface area contributed by atoms with Crippen molar-refractivity contribution in [2.75, 3.05) is 11.9 Å². The third-order valence-electron chi connectivity index (χ3n) is 2.82. The lowest BCUT2D eigenvalue weighted by Crippen LogP contribution is -2.23. The molecule has 0 radical (unpaired) electrons. The fourth-order valence-corrected chi connectivity index (χ4v) is 2.20. The average Bonchev–Trinajstić information content (AvgIpc) is 2.31. The van der Waals surface area contributed by atoms with Gasteiger partial charge in [-0.3, -0.25) is 4.79 Å². The Morgan fingerprint density at radius 2 is 2.16 bits per heavy atom. The van der Waals surface area contributed by atoms with Crippen LogP contribution in [0.2, 0.25) is 5.02 Å². The molecule has 0 aliphatic heterocycles. The molecular formula is C14H20ClFN2O. The van der Waals surface area contributed by atoms with E-state index in [0.717, 1.165) is 6.42 Å². The zero-order valence-corrected chi connectivity index (χ0v) is 12.0. The van der Waals surface area contributed by atoms with E-state index in [2.05, 4.69) is 19.2 Å². The average molecular weight is 287 g/mol. The Morgan fingerprint density at radius 3 is 2.68 bits per heavy atom. The highest BCUT2D eigenvalue weighted by molar-refractivity contribution is 6.33. The van der Waals surface area contributed by atoms with Gasteiger partial charge in [-0.1, -0.05) is 25.4 Å². The van der Waals surface area contributed by atoms with Gasteiger partial charge in [0.2, 0.25) is 5.91 Å². The van der Waals surface area contributed by atoms with Crippen LogP contribution in [0.5, 0.6) is 0 Å². The van der Waals surface area contributed by atoms with Crippen LogP contribution in [0.4, 0.5) is 10.1 Å². The van der Waals surface area contributed by atoms with E-state index < -0.39 is 5.82 Å². The number of amides is 1. The minimum absolute atomic E-state index is 0.149. The molecule has 106 valence electrons. The maximum atomic E-state index is 12.9. The molecule has 0 bridgehead atoms. The molecule has 1 atom stereocenters. The molecule has 0 aliphatic rings. The summed E-state index contributed by atoms with van der Waals surface area (Å²) in [4.78, 5) is 11.9. The Bertz CT molecular complexity index is 437. The number of anilines is 1. The zero-order chi connectivity index (χ0) is 14.4. The zero-order valence-electron chi connectivity index (χ0n) is 11.2. The third kappa shape index (κ3) is 5.57. The van der Waals surface area contributed by atoms with E-state index in [-0.39, 0.29) is 16.8 Å². The van der Waals surface area contributed by atoms with Crippen molar-refractivity contribution < 1.29 is 9.18 Å². The predicted molar refractivity (Wildman–Crippen MR) is 76.7 cm³/mol. The van der Waals surface area contributed by atoms with E-state index in [0.29, 0.717) is 24.6 Å². The SMILES string of the molecule is CC(C)C[C@H](CN)CC(=O)Nc1ccc(F)cc1Cl. The first-order valence-electron chi connectivity index (χ1n) is 6.37. The van der Waals surface area contributed by atoms with Crippen molar-refractivity contribution in [3.8, 4) is 0 Å². The van der Waals surface area contributed by atoms with Crippen LogP contribution in [0.15, 0.2) is 18.2 Å². The number of carbonyl (C=O) groups excluding carboxylic acids is 1. The quantitative estimate of drug-likeness (QED) is 0.842. The first kappa shape index (κ1) is 15.9. The van der Waals surface area contributed by atoms with Crippen LogP contribution < -0.4 is 11.1 Å². The molecule has 3 nitrogen and oxygen atoms in total. The highest BCUT2D eigenvalue weighted by Gasteiger charge is 2.15. The maximum absolute atomic E-state index is 12.9. The molecule has 1 aromatic rings. The Labute approximate surface area is 118 Å². The minimum atomic E-state index is -0.428. The predicted octanol–water partition coefficient (Wildman–Crippen LogP) is 3.43. The molecule has 0 saturated heterocycles. The summed E-state index contributed by atoms with van der Waals surface area (Å²) in [7, 11) is 0. The van der Waals surface area contributed by atoms with Gasteiger partial charge in [0.05, 0.1) is 10.7 Å². The third-order valence-corrected chi connectivity index (χ3v) is 3.13. The number of nitrogens with one attached hydrogen (secondary N) is 1. The number of hydrogen-bond donors (Lipinski definition) is 2. The van der Waals surface area contributed by atoms with Crippen LogP contribution in [0.3, 0.4) is 0 Å². The first-order valence-corrected chi connectivity index (χ1v) is 6.75. The molecule has 0 unspecified atom stereocenters. The van der Waals surface area contributed by atoms with Gasteiger partial charge in [0.15, 0.2) is 0 Å². The Hall–Kier alpha value is -1.13. The van der Waals surface area contributed by atoms with E-state index in [9.17, 15) is 9.18 Å². The van der Waals surface area contributed by atoms with Crippen molar-refractivity contribution in [1.29, 1.82) is 0 Å². The summed E-state index contributed by atoms with van der Waals surface area (Å²) in [5.41, 5.74) is 6.08. The summed E-state index contributed by atoms with van der Waals surface area (Å²) in [5.74, 6) is 0.0715. The number of rotatable bonds is 6. The molecule has 0 aliphatic carbocycles. The molecule has 1 rings (SSSR count). The van der Waals surface area contributed by atoms with E-state index >= 15 is 0 Å². The van der Waals surface area contributed by atoms with Crippen LogP contribution in [0, 0.1) is 17.7 Å². The van der Waals surface area contributed by atoms with E-state index in [4.69, 9.17) is 17.3 Å². The normalized spacial score (nSPS) is 12.5. The minimum Gasteiger partial charge on any atom is -0.330 e. The van der Waals surface area contributed by atoms with Crippen molar-refractivity contribution in [3.05, 3.63) is 29.0 Å². The maximum Gasteiger partial charge on any atom is 0.224 e. The van der Waals surface area contributed by atoms with Crippen LogP contribution in [0.25, 0.3) is 0 Å². The fraction of sp³-hybridized carbons (Fsp3) is 0.500. The lowest BCUT2D eigenvalue weighted by atomic mass is 9.94. The van der Waals surface area contributed by atoms with Gasteiger partial charge in [0.25, 0.3) is 0 Å². The number of nitrogens with two attached hydrogens (primary N) is 1. The fourth-order valence-electron chi connectivity index (χ4n) is 1.98. The monoisotopic (exact) mass is 286 g/mol. The van der Waals surface area contributed by atoms with Gasteiger partial charge < -0.3 is 11.1 Å². The molecular weight excluding hydrogens is 267 g/mol. The number of halogens is 2.